The van der Waals surface area contributed by atoms with E-state index in [0.717, 1.165) is 25.7 Å². The van der Waals surface area contributed by atoms with Gasteiger partial charge >= 0.3 is 0 Å². The number of aliphatic hydroxyl groups is 1. The van der Waals surface area contributed by atoms with E-state index in [1.165, 1.54) is 0 Å². The van der Waals surface area contributed by atoms with Crippen LogP contribution < -0.4 is 0 Å². The third-order valence-electron chi connectivity index (χ3n) is 5.78. The van der Waals surface area contributed by atoms with E-state index >= 15 is 0 Å². The Balaban J connectivity index is 1.76. The van der Waals surface area contributed by atoms with Crippen molar-refractivity contribution in [3.05, 3.63) is 11.6 Å². The molecule has 1 heterocycles. The second-order valence-corrected chi connectivity index (χ2v) is 7.60. The molecule has 0 amide bonds. The molecule has 0 aromatic rings. The number of ether oxygens (including phenoxy) is 1. The van der Waals surface area contributed by atoms with E-state index in [2.05, 4.69) is 20.8 Å². The molecule has 3 nitrogen and oxygen atoms in total. The minimum Gasteiger partial charge on any atom is -0.388 e. The minimum atomic E-state index is -0.619. The molecule has 3 rings (SSSR count). The highest BCUT2D eigenvalue weighted by Gasteiger charge is 2.64. The average Bonchev–Trinajstić information content (AvgIpc) is 3.06. The van der Waals surface area contributed by atoms with Crippen LogP contribution in [0, 0.1) is 11.3 Å². The van der Waals surface area contributed by atoms with Crippen LogP contribution in [0.2, 0.25) is 0 Å². The summed E-state index contributed by atoms with van der Waals surface area (Å²) in [6.45, 7) is 6.71. The van der Waals surface area contributed by atoms with Gasteiger partial charge in [-0.25, -0.2) is 0 Å². The topological polar surface area (TPSA) is 49.8 Å². The van der Waals surface area contributed by atoms with Gasteiger partial charge in [-0.05, 0) is 50.4 Å². The second kappa shape index (κ2) is 4.67. The highest BCUT2D eigenvalue weighted by Crippen LogP contribution is 2.59. The van der Waals surface area contributed by atoms with Gasteiger partial charge in [0.15, 0.2) is 5.78 Å². The Labute approximate surface area is 121 Å². The van der Waals surface area contributed by atoms with Crippen LogP contribution in [0.25, 0.3) is 0 Å². The normalized spacial score (nSPS) is 40.8. The van der Waals surface area contributed by atoms with E-state index in [1.54, 1.807) is 0 Å². The maximum Gasteiger partial charge on any atom is 0.161 e. The Kier molecular flexibility index (Phi) is 3.33. The van der Waals surface area contributed by atoms with Crippen molar-refractivity contribution in [2.75, 3.05) is 0 Å². The quantitative estimate of drug-likeness (QED) is 0.807. The molecule has 20 heavy (non-hydrogen) atoms. The number of hydrogen-bond acceptors (Lipinski definition) is 3. The lowest BCUT2D eigenvalue weighted by Crippen LogP contribution is -2.43. The van der Waals surface area contributed by atoms with Gasteiger partial charge in [-0.2, -0.15) is 0 Å². The largest absolute Gasteiger partial charge is 0.388 e. The maximum atomic E-state index is 12.0. The van der Waals surface area contributed by atoms with Gasteiger partial charge in [0, 0.05) is 12.0 Å². The molecule has 4 atom stereocenters. The summed E-state index contributed by atoms with van der Waals surface area (Å²) < 4.78 is 5.91. The van der Waals surface area contributed by atoms with Gasteiger partial charge in [0.05, 0.1) is 17.8 Å². The number of carbonyl (C=O) groups is 1. The van der Waals surface area contributed by atoms with Gasteiger partial charge in [0.1, 0.15) is 0 Å². The summed E-state index contributed by atoms with van der Waals surface area (Å²) >= 11 is 0. The zero-order chi connectivity index (χ0) is 14.5. The summed E-state index contributed by atoms with van der Waals surface area (Å²) in [6.07, 6.45) is 7.03. The number of epoxide rings is 1. The number of rotatable bonds is 3. The molecule has 3 heteroatoms. The van der Waals surface area contributed by atoms with Gasteiger partial charge in [0.2, 0.25) is 0 Å². The number of ketones is 1. The van der Waals surface area contributed by atoms with Crippen molar-refractivity contribution in [2.24, 2.45) is 11.3 Å². The van der Waals surface area contributed by atoms with Crippen LogP contribution in [-0.2, 0) is 9.53 Å². The van der Waals surface area contributed by atoms with Crippen molar-refractivity contribution in [3.8, 4) is 0 Å². The van der Waals surface area contributed by atoms with Crippen LogP contribution in [0.15, 0.2) is 11.6 Å². The third-order valence-corrected chi connectivity index (χ3v) is 5.78. The smallest absolute Gasteiger partial charge is 0.161 e. The number of aliphatic hydroxyl groups excluding tert-OH is 1. The second-order valence-electron chi connectivity index (χ2n) is 7.60. The SMILES string of the molecule is CC1(C)CCC2OC2(C)[C@@H]1CC(O)C1=CCCCC1=O. The lowest BCUT2D eigenvalue weighted by molar-refractivity contribution is -0.117. The maximum absolute atomic E-state index is 12.0. The highest BCUT2D eigenvalue weighted by atomic mass is 16.6. The molecule has 2 aliphatic carbocycles. The van der Waals surface area contributed by atoms with Crippen LogP contribution in [0.3, 0.4) is 0 Å². The molecule has 3 unspecified atom stereocenters. The summed E-state index contributed by atoms with van der Waals surface area (Å²) in [5.41, 5.74) is 0.737. The van der Waals surface area contributed by atoms with E-state index in [9.17, 15) is 9.90 Å². The number of Topliss-reactive ketones (excluding diaryl/α,β-unsaturated/α-hetero) is 1. The molecule has 1 saturated carbocycles. The standard InChI is InChI=1S/C17H26O3/c1-16(2)9-8-15-17(3,20-15)14(16)10-13(19)11-6-4-5-7-12(11)18/h6,13-15,19H,4-5,7-10H2,1-3H3/t13?,14-,15?,17?/m1/s1. The predicted octanol–water partition coefficient (Wildman–Crippen LogP) is 3.01. The first-order chi connectivity index (χ1) is 9.34. The molecule has 2 fully saturated rings. The van der Waals surface area contributed by atoms with Crippen molar-refractivity contribution in [1.29, 1.82) is 0 Å². The Morgan fingerprint density at radius 3 is 2.90 bits per heavy atom. The van der Waals surface area contributed by atoms with Crippen LogP contribution in [0.4, 0.5) is 0 Å². The van der Waals surface area contributed by atoms with Crippen LogP contribution in [0.1, 0.15) is 59.3 Å². The summed E-state index contributed by atoms with van der Waals surface area (Å²) in [5, 5.41) is 10.5. The summed E-state index contributed by atoms with van der Waals surface area (Å²) in [6, 6.07) is 0. The lowest BCUT2D eigenvalue weighted by atomic mass is 9.62. The molecule has 0 aromatic heterocycles. The molecule has 0 spiro atoms. The molecule has 1 N–H and O–H groups in total. The van der Waals surface area contributed by atoms with Gasteiger partial charge in [-0.3, -0.25) is 4.79 Å². The van der Waals surface area contributed by atoms with E-state index in [1.807, 2.05) is 6.08 Å². The summed E-state index contributed by atoms with van der Waals surface area (Å²) in [7, 11) is 0. The van der Waals surface area contributed by atoms with Crippen molar-refractivity contribution in [3.63, 3.8) is 0 Å². The van der Waals surface area contributed by atoms with E-state index in [-0.39, 0.29) is 16.8 Å². The lowest BCUT2D eigenvalue weighted by Gasteiger charge is -2.41. The van der Waals surface area contributed by atoms with Gasteiger partial charge in [-0.15, -0.1) is 0 Å². The Bertz CT molecular complexity index is 446. The fourth-order valence-corrected chi connectivity index (χ4v) is 4.38. The molecule has 112 valence electrons. The highest BCUT2D eigenvalue weighted by molar-refractivity contribution is 5.96. The molecule has 3 aliphatic rings. The third kappa shape index (κ3) is 2.25. The molecule has 1 aliphatic heterocycles. The average molecular weight is 278 g/mol. The van der Waals surface area contributed by atoms with Crippen LogP contribution >= 0.6 is 0 Å². The fraction of sp³-hybridized carbons (Fsp3) is 0.824. The number of fused-ring (bicyclic) bond motifs is 1. The van der Waals surface area contributed by atoms with E-state index in [0.29, 0.717) is 30.4 Å². The van der Waals surface area contributed by atoms with Crippen molar-refractivity contribution < 1.29 is 14.6 Å². The van der Waals surface area contributed by atoms with E-state index < -0.39 is 6.10 Å². The molecule has 0 bridgehead atoms. The van der Waals surface area contributed by atoms with Crippen molar-refractivity contribution in [1.82, 2.24) is 0 Å². The Hall–Kier alpha value is -0.670. The van der Waals surface area contributed by atoms with Gasteiger partial charge < -0.3 is 9.84 Å². The Morgan fingerprint density at radius 1 is 1.45 bits per heavy atom. The van der Waals surface area contributed by atoms with Gasteiger partial charge in [-0.1, -0.05) is 19.9 Å². The van der Waals surface area contributed by atoms with Crippen molar-refractivity contribution in [2.45, 2.75) is 77.1 Å². The van der Waals surface area contributed by atoms with Crippen LogP contribution in [0.5, 0.6) is 0 Å². The summed E-state index contributed by atoms with van der Waals surface area (Å²) in [4.78, 5) is 12.0. The number of carbonyl (C=O) groups excluding carboxylic acids is 1. The Morgan fingerprint density at radius 2 is 2.20 bits per heavy atom. The predicted molar refractivity (Wildman–Crippen MR) is 77.3 cm³/mol. The molecule has 0 radical (unpaired) electrons. The first-order valence-electron chi connectivity index (χ1n) is 7.94. The zero-order valence-electron chi connectivity index (χ0n) is 12.8. The number of hydrogen-bond donors (Lipinski definition) is 1. The first kappa shape index (κ1) is 14.3. The van der Waals surface area contributed by atoms with Crippen molar-refractivity contribution >= 4 is 5.78 Å². The van der Waals surface area contributed by atoms with Crippen LogP contribution in [-0.4, -0.2) is 28.7 Å². The summed E-state index contributed by atoms with van der Waals surface area (Å²) in [5.74, 6) is 0.454. The first-order valence-corrected chi connectivity index (χ1v) is 7.94. The number of allylic oxidation sites excluding steroid dienone is 1. The van der Waals surface area contributed by atoms with Gasteiger partial charge in [0.25, 0.3) is 0 Å². The zero-order valence-corrected chi connectivity index (χ0v) is 12.8. The molecule has 1 saturated heterocycles. The minimum absolute atomic E-state index is 0.0823. The van der Waals surface area contributed by atoms with E-state index in [4.69, 9.17) is 4.74 Å². The molecular weight excluding hydrogens is 252 g/mol. The molecular formula is C17H26O3. The fourth-order valence-electron chi connectivity index (χ4n) is 4.38. The monoisotopic (exact) mass is 278 g/mol. The molecule has 0 aromatic carbocycles.